The number of nitrogens with one attached hydrogen (secondary N) is 1. The maximum atomic E-state index is 13.8. The molecule has 196 valence electrons. The molecule has 1 aliphatic heterocycles. The van der Waals surface area contributed by atoms with Crippen molar-refractivity contribution in [3.8, 4) is 11.5 Å². The number of fused-ring (bicyclic) bond motifs is 1. The molecule has 1 aliphatic rings. The van der Waals surface area contributed by atoms with E-state index in [9.17, 15) is 24.8 Å². The van der Waals surface area contributed by atoms with E-state index in [0.717, 1.165) is 11.3 Å². The fourth-order valence-corrected chi connectivity index (χ4v) is 5.45. The second kappa shape index (κ2) is 10.4. The summed E-state index contributed by atoms with van der Waals surface area (Å²) in [6.45, 7) is 1.70. The number of allylic oxidation sites excluding steroid dienone is 1. The highest BCUT2D eigenvalue weighted by atomic mass is 32.1. The van der Waals surface area contributed by atoms with E-state index in [-0.39, 0.29) is 15.7 Å². The number of ether oxygens (including phenoxy) is 1. The summed E-state index contributed by atoms with van der Waals surface area (Å²) in [6, 6.07) is 19.3. The number of nitro groups is 1. The van der Waals surface area contributed by atoms with E-state index in [1.165, 1.54) is 36.0 Å². The first-order valence-corrected chi connectivity index (χ1v) is 12.6. The van der Waals surface area contributed by atoms with Crippen LogP contribution >= 0.6 is 11.3 Å². The zero-order chi connectivity index (χ0) is 27.7. The summed E-state index contributed by atoms with van der Waals surface area (Å²) in [6.07, 6.45) is 1.39. The monoisotopic (exact) mass is 542 g/mol. The molecule has 39 heavy (non-hydrogen) atoms. The number of benzene rings is 3. The Morgan fingerprint density at radius 1 is 1.15 bits per heavy atom. The van der Waals surface area contributed by atoms with Crippen molar-refractivity contribution in [2.24, 2.45) is 4.99 Å². The molecular formula is C28H22N4O6S. The molecule has 0 aliphatic carbocycles. The number of methoxy groups -OCH3 is 1. The maximum absolute atomic E-state index is 13.8. The second-order valence-electron chi connectivity index (χ2n) is 8.65. The van der Waals surface area contributed by atoms with Gasteiger partial charge in [-0.2, -0.15) is 0 Å². The van der Waals surface area contributed by atoms with Gasteiger partial charge in [0.25, 0.3) is 11.5 Å². The lowest BCUT2D eigenvalue weighted by Crippen LogP contribution is -2.40. The molecule has 2 heterocycles. The minimum atomic E-state index is -0.832. The fraction of sp³-hybridized carbons (Fsp3) is 0.107. The van der Waals surface area contributed by atoms with Gasteiger partial charge < -0.3 is 15.2 Å². The Labute approximate surface area is 225 Å². The molecule has 3 aromatic carbocycles. The minimum absolute atomic E-state index is 0.116. The Kier molecular flexibility index (Phi) is 6.82. The standard InChI is InChI=1S/C28H22N4O6S/c1-16-23(26(34)30-19-10-4-3-5-11-19)24(17-8-6-12-20(14-17)38-2)31-27(35)22(39-28(31)29-16)15-18-9-7-13-21(25(18)33)32(36)37/h3-15,24,33H,1-2H3,(H,30,34)/b22-15+/t24-/m1/s1. The Morgan fingerprint density at radius 2 is 1.90 bits per heavy atom. The van der Waals surface area contributed by atoms with Crippen LogP contribution in [0.2, 0.25) is 0 Å². The minimum Gasteiger partial charge on any atom is -0.502 e. The lowest BCUT2D eigenvalue weighted by Gasteiger charge is -2.25. The van der Waals surface area contributed by atoms with Gasteiger partial charge in [-0.3, -0.25) is 24.3 Å². The van der Waals surface area contributed by atoms with Crippen LogP contribution in [-0.2, 0) is 4.79 Å². The molecular weight excluding hydrogens is 520 g/mol. The highest BCUT2D eigenvalue weighted by molar-refractivity contribution is 7.07. The molecule has 1 atom stereocenters. The average molecular weight is 543 g/mol. The number of aromatic hydroxyl groups is 1. The normalized spacial score (nSPS) is 14.9. The highest BCUT2D eigenvalue weighted by Crippen LogP contribution is 2.33. The Morgan fingerprint density at radius 3 is 2.62 bits per heavy atom. The summed E-state index contributed by atoms with van der Waals surface area (Å²) >= 11 is 1.06. The van der Waals surface area contributed by atoms with Crippen LogP contribution in [0.25, 0.3) is 6.08 Å². The van der Waals surface area contributed by atoms with Gasteiger partial charge in [-0.1, -0.05) is 53.8 Å². The molecule has 4 aromatic rings. The van der Waals surface area contributed by atoms with Crippen molar-refractivity contribution in [3.05, 3.63) is 125 Å². The van der Waals surface area contributed by atoms with Crippen molar-refractivity contribution >= 4 is 34.7 Å². The Balaban J connectivity index is 1.70. The van der Waals surface area contributed by atoms with Crippen molar-refractivity contribution < 1.29 is 19.6 Å². The lowest BCUT2D eigenvalue weighted by molar-refractivity contribution is -0.385. The van der Waals surface area contributed by atoms with Crippen LogP contribution in [0.1, 0.15) is 24.1 Å². The first kappa shape index (κ1) is 25.6. The lowest BCUT2D eigenvalue weighted by atomic mass is 9.95. The molecule has 0 fully saturated rings. The molecule has 0 bridgehead atoms. The largest absolute Gasteiger partial charge is 0.502 e. The number of nitro benzene ring substituents is 1. The number of carbonyl (C=O) groups excluding carboxylic acids is 1. The highest BCUT2D eigenvalue weighted by Gasteiger charge is 2.33. The van der Waals surface area contributed by atoms with Crippen LogP contribution in [0.4, 0.5) is 11.4 Å². The molecule has 0 saturated carbocycles. The fourth-order valence-electron chi connectivity index (χ4n) is 4.41. The van der Waals surface area contributed by atoms with E-state index in [1.807, 2.05) is 6.07 Å². The molecule has 2 N–H and O–H groups in total. The molecule has 1 amide bonds. The quantitative estimate of drug-likeness (QED) is 0.283. The topological polar surface area (TPSA) is 136 Å². The Bertz CT molecular complexity index is 1820. The number of para-hydroxylation sites is 2. The summed E-state index contributed by atoms with van der Waals surface area (Å²) in [4.78, 5) is 42.9. The molecule has 0 saturated heterocycles. The molecule has 0 unspecified atom stereocenters. The first-order valence-electron chi connectivity index (χ1n) is 11.8. The third-order valence-corrected chi connectivity index (χ3v) is 7.22. The number of aromatic nitrogens is 1. The number of carbonyl (C=O) groups is 1. The van der Waals surface area contributed by atoms with Crippen molar-refractivity contribution in [2.45, 2.75) is 13.0 Å². The summed E-state index contributed by atoms with van der Waals surface area (Å²) in [7, 11) is 1.53. The van der Waals surface area contributed by atoms with E-state index in [4.69, 9.17) is 4.74 Å². The van der Waals surface area contributed by atoms with Gasteiger partial charge in [0.15, 0.2) is 4.80 Å². The van der Waals surface area contributed by atoms with Crippen molar-refractivity contribution in [1.82, 2.24) is 4.57 Å². The molecule has 5 rings (SSSR count). The smallest absolute Gasteiger partial charge is 0.311 e. The van der Waals surface area contributed by atoms with Gasteiger partial charge in [-0.05, 0) is 42.8 Å². The number of hydrogen-bond acceptors (Lipinski definition) is 8. The number of hydrogen-bond donors (Lipinski definition) is 2. The third kappa shape index (κ3) is 4.82. The van der Waals surface area contributed by atoms with Crippen molar-refractivity contribution in [3.63, 3.8) is 0 Å². The second-order valence-corrected chi connectivity index (χ2v) is 9.66. The van der Waals surface area contributed by atoms with E-state index in [2.05, 4.69) is 10.3 Å². The first-order chi connectivity index (χ1) is 18.8. The molecule has 0 radical (unpaired) electrons. The SMILES string of the molecule is COc1cccc([C@@H]2C(C(=O)Nc3ccccc3)=C(C)N=c3s/c(=C/c4cccc([N+](=O)[O-])c4O)c(=O)n32)c1. The predicted molar refractivity (Wildman–Crippen MR) is 147 cm³/mol. The van der Waals surface area contributed by atoms with Crippen LogP contribution in [0.3, 0.4) is 0 Å². The molecule has 0 spiro atoms. The number of nitrogens with zero attached hydrogens (tertiary/aromatic N) is 3. The van der Waals surface area contributed by atoms with Crippen LogP contribution in [0.5, 0.6) is 11.5 Å². The number of thiazole rings is 1. The third-order valence-electron chi connectivity index (χ3n) is 6.24. The average Bonchev–Trinajstić information content (AvgIpc) is 3.23. The number of anilines is 1. The molecule has 11 heteroatoms. The summed E-state index contributed by atoms with van der Waals surface area (Å²) < 4.78 is 7.01. The van der Waals surface area contributed by atoms with Gasteiger partial charge in [0.1, 0.15) is 5.75 Å². The summed E-state index contributed by atoms with van der Waals surface area (Å²) in [5.74, 6) is -0.411. The maximum Gasteiger partial charge on any atom is 0.311 e. The summed E-state index contributed by atoms with van der Waals surface area (Å²) in [5.41, 5.74) is 1.12. The number of amides is 1. The Hall–Kier alpha value is -5.03. The zero-order valence-electron chi connectivity index (χ0n) is 20.8. The zero-order valence-corrected chi connectivity index (χ0v) is 21.6. The van der Waals surface area contributed by atoms with E-state index >= 15 is 0 Å². The predicted octanol–water partition coefficient (Wildman–Crippen LogP) is 3.50. The van der Waals surface area contributed by atoms with Gasteiger partial charge in [-0.15, -0.1) is 0 Å². The molecule has 1 aromatic heterocycles. The van der Waals surface area contributed by atoms with E-state index < -0.39 is 33.9 Å². The van der Waals surface area contributed by atoms with Crippen molar-refractivity contribution in [1.29, 1.82) is 0 Å². The van der Waals surface area contributed by atoms with Crippen LogP contribution in [-0.4, -0.2) is 27.6 Å². The van der Waals surface area contributed by atoms with Gasteiger partial charge in [0, 0.05) is 17.3 Å². The van der Waals surface area contributed by atoms with Crippen LogP contribution in [0.15, 0.2) is 93.9 Å². The van der Waals surface area contributed by atoms with Gasteiger partial charge in [0.05, 0.1) is 33.9 Å². The van der Waals surface area contributed by atoms with Crippen LogP contribution in [0, 0.1) is 10.1 Å². The van der Waals surface area contributed by atoms with Crippen LogP contribution < -0.4 is 24.9 Å². The van der Waals surface area contributed by atoms with Gasteiger partial charge >= 0.3 is 5.69 Å². The number of rotatable bonds is 6. The number of phenols is 1. The number of phenolic OH excluding ortho intramolecular Hbond substituents is 1. The summed E-state index contributed by atoms with van der Waals surface area (Å²) in [5, 5.41) is 24.6. The van der Waals surface area contributed by atoms with E-state index in [0.29, 0.717) is 27.5 Å². The van der Waals surface area contributed by atoms with Gasteiger partial charge in [0.2, 0.25) is 5.75 Å². The van der Waals surface area contributed by atoms with E-state index in [1.54, 1.807) is 55.5 Å². The van der Waals surface area contributed by atoms with Crippen molar-refractivity contribution in [2.75, 3.05) is 12.4 Å². The molecule has 10 nitrogen and oxygen atoms in total. The van der Waals surface area contributed by atoms with Gasteiger partial charge in [-0.25, -0.2) is 4.99 Å².